The molecule has 0 aliphatic heterocycles. The third kappa shape index (κ3) is 3.09. The first-order valence-corrected chi connectivity index (χ1v) is 9.24. The van der Waals surface area contributed by atoms with Crippen LogP contribution in [0.4, 0.5) is 11.4 Å². The Morgan fingerprint density at radius 2 is 1.70 bits per heavy atom. The molecule has 0 unspecified atom stereocenters. The molecular weight excluding hydrogens is 384 g/mol. The number of nitrogens with zero attached hydrogens (tertiary/aromatic N) is 1. The van der Waals surface area contributed by atoms with Crippen molar-refractivity contribution in [1.29, 1.82) is 0 Å². The van der Waals surface area contributed by atoms with Gasteiger partial charge in [-0.2, -0.15) is 0 Å². The summed E-state index contributed by atoms with van der Waals surface area (Å²) in [5.41, 5.74) is 1.46. The van der Waals surface area contributed by atoms with Gasteiger partial charge in [0.05, 0.1) is 22.1 Å². The van der Waals surface area contributed by atoms with Crippen LogP contribution in [-0.4, -0.2) is 15.6 Å². The van der Waals surface area contributed by atoms with Gasteiger partial charge >= 0.3 is 5.97 Å². The average molecular weight is 397 g/mol. The first-order chi connectivity index (χ1) is 13.1. The minimum atomic E-state index is -1.07. The van der Waals surface area contributed by atoms with E-state index in [-0.39, 0.29) is 10.4 Å². The smallest absolute Gasteiger partial charge is 0.348 e. The largest absolute Gasteiger partial charge is 0.477 e. The van der Waals surface area contributed by atoms with Crippen molar-refractivity contribution in [2.75, 3.05) is 5.32 Å². The summed E-state index contributed by atoms with van der Waals surface area (Å²) in [6, 6.07) is 19.3. The highest BCUT2D eigenvalue weighted by Crippen LogP contribution is 2.39. The van der Waals surface area contributed by atoms with E-state index in [1.54, 1.807) is 24.3 Å². The summed E-state index contributed by atoms with van der Waals surface area (Å²) in [6.45, 7) is 0. The topological polar surface area (TPSA) is 71.3 Å². The summed E-state index contributed by atoms with van der Waals surface area (Å²) in [5, 5.41) is 13.9. The first-order valence-electron chi connectivity index (χ1n) is 8.05. The molecule has 2 heterocycles. The molecule has 0 saturated carbocycles. The van der Waals surface area contributed by atoms with E-state index in [4.69, 9.17) is 11.6 Å². The van der Waals surface area contributed by atoms with Crippen molar-refractivity contribution in [1.82, 2.24) is 4.57 Å². The van der Waals surface area contributed by atoms with Crippen LogP contribution in [0, 0.1) is 0 Å². The second kappa shape index (κ2) is 6.90. The maximum Gasteiger partial charge on any atom is 0.348 e. The number of thiophene rings is 1. The third-order valence-electron chi connectivity index (χ3n) is 4.08. The van der Waals surface area contributed by atoms with Crippen LogP contribution in [0.2, 0.25) is 5.02 Å². The lowest BCUT2D eigenvalue weighted by Crippen LogP contribution is -2.16. The Morgan fingerprint density at radius 1 is 1.00 bits per heavy atom. The summed E-state index contributed by atoms with van der Waals surface area (Å²) >= 11 is 7.27. The fourth-order valence-corrected chi connectivity index (χ4v) is 4.17. The predicted octanol–water partition coefficient (Wildman–Crippen LogP) is 5.15. The zero-order chi connectivity index (χ0) is 19.0. The van der Waals surface area contributed by atoms with Gasteiger partial charge in [0.15, 0.2) is 0 Å². The Labute approximate surface area is 163 Å². The van der Waals surface area contributed by atoms with Crippen molar-refractivity contribution in [2.45, 2.75) is 0 Å². The van der Waals surface area contributed by atoms with E-state index in [1.165, 1.54) is 10.6 Å². The van der Waals surface area contributed by atoms with Crippen molar-refractivity contribution in [3.05, 3.63) is 87.0 Å². The molecule has 2 aromatic carbocycles. The van der Waals surface area contributed by atoms with Crippen molar-refractivity contribution in [2.24, 2.45) is 0 Å². The van der Waals surface area contributed by atoms with Crippen molar-refractivity contribution in [3.8, 4) is 5.69 Å². The van der Waals surface area contributed by atoms with Gasteiger partial charge in [-0.1, -0.05) is 41.9 Å². The van der Waals surface area contributed by atoms with Gasteiger partial charge in [-0.15, -0.1) is 11.3 Å². The van der Waals surface area contributed by atoms with Gasteiger partial charge in [0.25, 0.3) is 5.56 Å². The normalized spacial score (nSPS) is 10.9. The molecule has 0 spiro atoms. The van der Waals surface area contributed by atoms with Crippen LogP contribution >= 0.6 is 22.9 Å². The number of benzene rings is 2. The molecule has 4 aromatic rings. The molecule has 0 aliphatic carbocycles. The van der Waals surface area contributed by atoms with Crippen LogP contribution in [0.15, 0.2) is 71.5 Å². The van der Waals surface area contributed by atoms with Crippen LogP contribution in [-0.2, 0) is 0 Å². The predicted molar refractivity (Wildman–Crippen MR) is 109 cm³/mol. The van der Waals surface area contributed by atoms with E-state index < -0.39 is 5.97 Å². The van der Waals surface area contributed by atoms with Crippen molar-refractivity contribution >= 4 is 50.5 Å². The molecule has 2 aromatic heterocycles. The van der Waals surface area contributed by atoms with Gasteiger partial charge in [-0.3, -0.25) is 9.36 Å². The fourth-order valence-electron chi connectivity index (χ4n) is 2.88. The molecular formula is C20H13ClN2O3S. The number of para-hydroxylation sites is 2. The molecule has 2 N–H and O–H groups in total. The number of fused-ring (bicyclic) bond motifs is 1. The summed E-state index contributed by atoms with van der Waals surface area (Å²) in [7, 11) is 0. The highest BCUT2D eigenvalue weighted by atomic mass is 35.5. The second-order valence-electron chi connectivity index (χ2n) is 5.78. The van der Waals surface area contributed by atoms with Crippen LogP contribution in [0.3, 0.4) is 0 Å². The summed E-state index contributed by atoms with van der Waals surface area (Å²) in [5.74, 6) is -1.07. The fraction of sp³-hybridized carbons (Fsp3) is 0. The second-order valence-corrected chi connectivity index (χ2v) is 7.18. The van der Waals surface area contributed by atoms with Gasteiger partial charge in [0.2, 0.25) is 0 Å². The van der Waals surface area contributed by atoms with E-state index >= 15 is 0 Å². The van der Waals surface area contributed by atoms with E-state index in [0.29, 0.717) is 32.3 Å². The molecule has 0 atom stereocenters. The van der Waals surface area contributed by atoms with Crippen LogP contribution in [0.1, 0.15) is 9.67 Å². The molecule has 0 fully saturated rings. The number of pyridine rings is 1. The van der Waals surface area contributed by atoms with Crippen molar-refractivity contribution < 1.29 is 9.90 Å². The number of aromatic carboxylic acids is 1. The lowest BCUT2D eigenvalue weighted by Gasteiger charge is -2.10. The summed E-state index contributed by atoms with van der Waals surface area (Å²) < 4.78 is 1.52. The highest BCUT2D eigenvalue weighted by molar-refractivity contribution is 7.21. The van der Waals surface area contributed by atoms with Gasteiger partial charge in [0.1, 0.15) is 9.71 Å². The van der Waals surface area contributed by atoms with Gasteiger partial charge in [-0.25, -0.2) is 4.79 Å². The summed E-state index contributed by atoms with van der Waals surface area (Å²) in [4.78, 5) is 25.0. The quantitative estimate of drug-likeness (QED) is 0.500. The maximum atomic E-state index is 12.5. The monoisotopic (exact) mass is 396 g/mol. The first kappa shape index (κ1) is 17.3. The zero-order valence-electron chi connectivity index (χ0n) is 13.8. The molecule has 7 heteroatoms. The van der Waals surface area contributed by atoms with Crippen LogP contribution < -0.4 is 10.9 Å². The van der Waals surface area contributed by atoms with E-state index in [0.717, 1.165) is 11.3 Å². The molecule has 134 valence electrons. The number of carboxylic acid groups (broad SMARTS) is 1. The van der Waals surface area contributed by atoms with Crippen LogP contribution in [0.25, 0.3) is 15.9 Å². The lowest BCUT2D eigenvalue weighted by molar-refractivity contribution is 0.0703. The molecule has 5 nitrogen and oxygen atoms in total. The average Bonchev–Trinajstić information content (AvgIpc) is 3.03. The summed E-state index contributed by atoms with van der Waals surface area (Å²) in [6.07, 6.45) is 0. The SMILES string of the molecule is O=C(O)c1sc2c(ccc(=O)n2-c2ccccc2)c1Nc1ccccc1Cl. The number of carboxylic acids is 1. The minimum Gasteiger partial charge on any atom is -0.477 e. The molecule has 0 aliphatic rings. The number of carbonyl (C=O) groups is 1. The standard InChI is InChI=1S/C20H13ClN2O3S/c21-14-8-4-5-9-15(14)22-17-13-10-11-16(24)23(12-6-2-1-3-7-12)19(13)27-18(17)20(25)26/h1-11,22H,(H,25,26). The van der Waals surface area contributed by atoms with Gasteiger partial charge < -0.3 is 10.4 Å². The molecule has 27 heavy (non-hydrogen) atoms. The van der Waals surface area contributed by atoms with Crippen LogP contribution in [0.5, 0.6) is 0 Å². The number of nitrogens with one attached hydrogen (secondary N) is 1. The van der Waals surface area contributed by atoms with E-state index in [2.05, 4.69) is 5.32 Å². The number of aromatic nitrogens is 1. The lowest BCUT2D eigenvalue weighted by atomic mass is 10.2. The zero-order valence-corrected chi connectivity index (χ0v) is 15.4. The Bertz CT molecular complexity index is 1220. The Hall–Kier alpha value is -3.09. The minimum absolute atomic E-state index is 0.111. The van der Waals surface area contributed by atoms with Gasteiger partial charge in [0, 0.05) is 11.5 Å². The third-order valence-corrected chi connectivity index (χ3v) is 5.59. The molecule has 0 amide bonds. The highest BCUT2D eigenvalue weighted by Gasteiger charge is 2.21. The van der Waals surface area contributed by atoms with E-state index in [1.807, 2.05) is 36.4 Å². The maximum absolute atomic E-state index is 12.5. The molecule has 0 saturated heterocycles. The van der Waals surface area contributed by atoms with Crippen molar-refractivity contribution in [3.63, 3.8) is 0 Å². The Morgan fingerprint density at radius 3 is 2.41 bits per heavy atom. The molecule has 0 bridgehead atoms. The number of anilines is 2. The number of hydrogen-bond acceptors (Lipinski definition) is 4. The van der Waals surface area contributed by atoms with E-state index in [9.17, 15) is 14.7 Å². The number of rotatable bonds is 4. The Kier molecular flexibility index (Phi) is 4.43. The van der Waals surface area contributed by atoms with Gasteiger partial charge in [-0.05, 0) is 30.3 Å². The Balaban J connectivity index is 1.99. The molecule has 0 radical (unpaired) electrons. The molecule has 4 rings (SSSR count). The number of hydrogen-bond donors (Lipinski definition) is 2. The number of halogens is 1.